The Morgan fingerprint density at radius 1 is 1.20 bits per heavy atom. The maximum Gasteiger partial charge on any atom is 0.262 e. The number of amides is 1. The lowest BCUT2D eigenvalue weighted by atomic mass is 10.1. The van der Waals surface area contributed by atoms with Gasteiger partial charge in [-0.05, 0) is 48.5 Å². The van der Waals surface area contributed by atoms with Gasteiger partial charge in [0.25, 0.3) is 5.91 Å². The molecule has 1 heterocycles. The van der Waals surface area contributed by atoms with Gasteiger partial charge in [0.2, 0.25) is 5.82 Å². The molecule has 0 aliphatic carbocycles. The van der Waals surface area contributed by atoms with E-state index in [1.807, 2.05) is 37.3 Å². The van der Waals surface area contributed by atoms with Crippen molar-refractivity contribution in [3.63, 3.8) is 0 Å². The first-order chi connectivity index (χ1) is 12.2. The fourth-order valence-electron chi connectivity index (χ4n) is 2.14. The van der Waals surface area contributed by atoms with Crippen molar-refractivity contribution in [2.75, 3.05) is 11.9 Å². The molecule has 0 radical (unpaired) electrons. The van der Waals surface area contributed by atoms with Gasteiger partial charge in [0.1, 0.15) is 5.75 Å². The summed E-state index contributed by atoms with van der Waals surface area (Å²) >= 11 is 3.35. The molecule has 7 nitrogen and oxygen atoms in total. The lowest BCUT2D eigenvalue weighted by molar-refractivity contribution is -0.118. The molecule has 0 fully saturated rings. The predicted molar refractivity (Wildman–Crippen MR) is 97.2 cm³/mol. The second-order valence-corrected chi connectivity index (χ2v) is 6.05. The average molecular weight is 402 g/mol. The first kappa shape index (κ1) is 17.1. The zero-order valence-corrected chi connectivity index (χ0v) is 15.1. The van der Waals surface area contributed by atoms with Crippen molar-refractivity contribution in [3.8, 4) is 17.1 Å². The standard InChI is InChI=1S/C17H16BrN5O2/c1-2-23-21-17(20-22-23)14-5-3-4-6-15(14)19-16(24)11-25-13-9-7-12(18)8-10-13/h3-10H,2,11H2,1H3,(H,19,24). The number of rotatable bonds is 6. The Kier molecular flexibility index (Phi) is 5.39. The van der Waals surface area contributed by atoms with E-state index < -0.39 is 0 Å². The number of nitrogens with one attached hydrogen (secondary N) is 1. The molecule has 0 aliphatic rings. The van der Waals surface area contributed by atoms with Crippen LogP contribution in [-0.2, 0) is 11.3 Å². The Balaban J connectivity index is 1.68. The molecule has 1 amide bonds. The van der Waals surface area contributed by atoms with Crippen molar-refractivity contribution in [2.45, 2.75) is 13.5 Å². The summed E-state index contributed by atoms with van der Waals surface area (Å²) in [5.74, 6) is 0.823. The smallest absolute Gasteiger partial charge is 0.262 e. The van der Waals surface area contributed by atoms with Crippen molar-refractivity contribution < 1.29 is 9.53 Å². The van der Waals surface area contributed by atoms with E-state index in [-0.39, 0.29) is 12.5 Å². The molecule has 1 N–H and O–H groups in total. The Morgan fingerprint density at radius 2 is 1.96 bits per heavy atom. The van der Waals surface area contributed by atoms with Crippen molar-refractivity contribution in [1.82, 2.24) is 20.2 Å². The topological polar surface area (TPSA) is 81.9 Å². The minimum Gasteiger partial charge on any atom is -0.484 e. The predicted octanol–water partition coefficient (Wildman–Crippen LogP) is 3.14. The number of hydrogen-bond donors (Lipinski definition) is 1. The molecule has 0 saturated carbocycles. The molecule has 25 heavy (non-hydrogen) atoms. The van der Waals surface area contributed by atoms with Crippen LogP contribution in [-0.4, -0.2) is 32.7 Å². The first-order valence-electron chi connectivity index (χ1n) is 7.71. The minimum absolute atomic E-state index is 0.0922. The number of carbonyl (C=O) groups excluding carboxylic acids is 1. The van der Waals surface area contributed by atoms with E-state index >= 15 is 0 Å². The van der Waals surface area contributed by atoms with E-state index in [0.29, 0.717) is 29.4 Å². The molecule has 0 aliphatic heterocycles. The summed E-state index contributed by atoms with van der Waals surface area (Å²) in [6, 6.07) is 14.6. The number of anilines is 1. The number of ether oxygens (including phenoxy) is 1. The Bertz CT molecular complexity index is 863. The van der Waals surface area contributed by atoms with Gasteiger partial charge >= 0.3 is 0 Å². The summed E-state index contributed by atoms with van der Waals surface area (Å²) in [6.45, 7) is 2.46. The van der Waals surface area contributed by atoms with E-state index in [9.17, 15) is 4.79 Å². The normalized spacial score (nSPS) is 10.5. The van der Waals surface area contributed by atoms with E-state index in [4.69, 9.17) is 4.74 Å². The summed E-state index contributed by atoms with van der Waals surface area (Å²) in [5, 5.41) is 15.1. The van der Waals surface area contributed by atoms with Crippen LogP contribution < -0.4 is 10.1 Å². The van der Waals surface area contributed by atoms with Gasteiger partial charge in [-0.15, -0.1) is 10.2 Å². The number of tetrazole rings is 1. The SMILES string of the molecule is CCn1nnc(-c2ccccc2NC(=O)COc2ccc(Br)cc2)n1. The van der Waals surface area contributed by atoms with Crippen LogP contribution >= 0.6 is 15.9 Å². The van der Waals surface area contributed by atoms with Crippen LogP contribution in [0, 0.1) is 0 Å². The highest BCUT2D eigenvalue weighted by Crippen LogP contribution is 2.24. The van der Waals surface area contributed by atoms with Crippen LogP contribution in [0.2, 0.25) is 0 Å². The molecule has 0 atom stereocenters. The number of halogens is 1. The van der Waals surface area contributed by atoms with Crippen LogP contribution in [0.3, 0.4) is 0 Å². The van der Waals surface area contributed by atoms with Crippen LogP contribution in [0.25, 0.3) is 11.4 Å². The Hall–Kier alpha value is -2.74. The van der Waals surface area contributed by atoms with Crippen LogP contribution in [0.1, 0.15) is 6.92 Å². The highest BCUT2D eigenvalue weighted by atomic mass is 79.9. The lowest BCUT2D eigenvalue weighted by Gasteiger charge is -2.10. The van der Waals surface area contributed by atoms with Crippen LogP contribution in [0.15, 0.2) is 53.0 Å². The molecule has 2 aromatic carbocycles. The Labute approximate surface area is 153 Å². The maximum atomic E-state index is 12.2. The molecular weight excluding hydrogens is 386 g/mol. The van der Waals surface area contributed by atoms with Crippen LogP contribution in [0.4, 0.5) is 5.69 Å². The molecule has 1 aromatic heterocycles. The molecule has 0 bridgehead atoms. The molecular formula is C17H16BrN5O2. The van der Waals surface area contributed by atoms with Gasteiger partial charge in [-0.25, -0.2) is 0 Å². The van der Waals surface area contributed by atoms with Gasteiger partial charge in [0.05, 0.1) is 12.2 Å². The fraction of sp³-hybridized carbons (Fsp3) is 0.176. The Morgan fingerprint density at radius 3 is 2.68 bits per heavy atom. The lowest BCUT2D eigenvalue weighted by Crippen LogP contribution is -2.20. The van der Waals surface area contributed by atoms with Crippen LogP contribution in [0.5, 0.6) is 5.75 Å². The van der Waals surface area contributed by atoms with Gasteiger partial charge in [-0.2, -0.15) is 4.80 Å². The van der Waals surface area contributed by atoms with Gasteiger partial charge < -0.3 is 10.1 Å². The molecule has 0 saturated heterocycles. The fourth-order valence-corrected chi connectivity index (χ4v) is 2.40. The van der Waals surface area contributed by atoms with E-state index in [2.05, 4.69) is 36.7 Å². The number of aryl methyl sites for hydroxylation is 1. The largest absolute Gasteiger partial charge is 0.484 e. The molecule has 3 rings (SSSR count). The average Bonchev–Trinajstić information content (AvgIpc) is 3.11. The summed E-state index contributed by atoms with van der Waals surface area (Å²) in [7, 11) is 0. The number of hydrogen-bond acceptors (Lipinski definition) is 5. The summed E-state index contributed by atoms with van der Waals surface area (Å²) in [4.78, 5) is 13.7. The van der Waals surface area contributed by atoms with E-state index in [1.54, 1.807) is 18.2 Å². The quantitative estimate of drug-likeness (QED) is 0.685. The maximum absolute atomic E-state index is 12.2. The van der Waals surface area contributed by atoms with Crippen molar-refractivity contribution in [3.05, 3.63) is 53.0 Å². The van der Waals surface area contributed by atoms with E-state index in [0.717, 1.165) is 4.47 Å². The second kappa shape index (κ2) is 7.89. The zero-order chi connectivity index (χ0) is 17.6. The second-order valence-electron chi connectivity index (χ2n) is 5.14. The number of benzene rings is 2. The van der Waals surface area contributed by atoms with Gasteiger partial charge in [0.15, 0.2) is 6.61 Å². The van der Waals surface area contributed by atoms with Gasteiger partial charge in [0, 0.05) is 10.0 Å². The summed E-state index contributed by atoms with van der Waals surface area (Å²) in [5.41, 5.74) is 1.32. The summed E-state index contributed by atoms with van der Waals surface area (Å²) < 4.78 is 6.43. The molecule has 0 spiro atoms. The third-order valence-corrected chi connectivity index (χ3v) is 3.89. The number of nitrogens with zero attached hydrogens (tertiary/aromatic N) is 4. The molecule has 8 heteroatoms. The monoisotopic (exact) mass is 401 g/mol. The molecule has 128 valence electrons. The third kappa shape index (κ3) is 4.42. The molecule has 0 unspecified atom stereocenters. The highest BCUT2D eigenvalue weighted by molar-refractivity contribution is 9.10. The number of carbonyl (C=O) groups is 1. The van der Waals surface area contributed by atoms with Crippen molar-refractivity contribution in [1.29, 1.82) is 0 Å². The summed E-state index contributed by atoms with van der Waals surface area (Å²) in [6.07, 6.45) is 0. The third-order valence-electron chi connectivity index (χ3n) is 3.36. The first-order valence-corrected chi connectivity index (χ1v) is 8.50. The molecule has 3 aromatic rings. The highest BCUT2D eigenvalue weighted by Gasteiger charge is 2.13. The zero-order valence-electron chi connectivity index (χ0n) is 13.5. The number of aromatic nitrogens is 4. The van der Waals surface area contributed by atoms with Gasteiger partial charge in [-0.1, -0.05) is 28.1 Å². The number of para-hydroxylation sites is 1. The van der Waals surface area contributed by atoms with Crippen molar-refractivity contribution in [2.24, 2.45) is 0 Å². The van der Waals surface area contributed by atoms with E-state index in [1.165, 1.54) is 4.80 Å². The van der Waals surface area contributed by atoms with Gasteiger partial charge in [-0.3, -0.25) is 4.79 Å². The van der Waals surface area contributed by atoms with Crippen molar-refractivity contribution >= 4 is 27.5 Å². The minimum atomic E-state index is -0.266.